The van der Waals surface area contributed by atoms with Gasteiger partial charge in [-0.2, -0.15) is 0 Å². The molecule has 3 aliphatic rings. The number of amides is 1. The number of ether oxygens (including phenoxy) is 1. The lowest BCUT2D eigenvalue weighted by molar-refractivity contribution is -0.148. The first-order valence-electron chi connectivity index (χ1n) is 8.44. The number of carbonyl (C=O) groups excluding carboxylic acids is 2. The van der Waals surface area contributed by atoms with Crippen LogP contribution in [0.3, 0.4) is 0 Å². The number of benzene rings is 1. The zero-order valence-corrected chi connectivity index (χ0v) is 13.6. The SMILES string of the molecule is CCOC(=O)[C@@H]1C[C@@]2(C(=O)Nc3ccc(C)cc32)N2CCC[C@@H]12. The average molecular weight is 314 g/mol. The van der Waals surface area contributed by atoms with E-state index < -0.39 is 5.54 Å². The molecule has 2 saturated heterocycles. The standard InChI is InChI=1S/C18H22N2O3/c1-3-23-16(21)12-10-18(20-8-4-5-15(12)20)13-9-11(2)6-7-14(13)19-17(18)22/h6-7,9,12,15H,3-5,8,10H2,1-2H3,(H,19,22)/t12-,15+,18-/m1/s1. The number of nitrogens with one attached hydrogen (secondary N) is 1. The van der Waals surface area contributed by atoms with E-state index in [1.54, 1.807) is 0 Å². The number of fused-ring (bicyclic) bond motifs is 4. The van der Waals surface area contributed by atoms with E-state index in [2.05, 4.69) is 16.3 Å². The zero-order valence-electron chi connectivity index (χ0n) is 13.6. The number of anilines is 1. The number of carbonyl (C=O) groups is 2. The summed E-state index contributed by atoms with van der Waals surface area (Å²) in [6.07, 6.45) is 2.51. The van der Waals surface area contributed by atoms with E-state index in [1.165, 1.54) is 0 Å². The van der Waals surface area contributed by atoms with Crippen LogP contribution >= 0.6 is 0 Å². The van der Waals surface area contributed by atoms with E-state index in [4.69, 9.17) is 4.74 Å². The van der Waals surface area contributed by atoms with Crippen molar-refractivity contribution < 1.29 is 14.3 Å². The van der Waals surface area contributed by atoms with Gasteiger partial charge < -0.3 is 10.1 Å². The summed E-state index contributed by atoms with van der Waals surface area (Å²) < 4.78 is 5.29. The van der Waals surface area contributed by atoms with Gasteiger partial charge >= 0.3 is 5.97 Å². The summed E-state index contributed by atoms with van der Waals surface area (Å²) in [5.74, 6) is -0.360. The van der Waals surface area contributed by atoms with Crippen LogP contribution in [-0.4, -0.2) is 36.0 Å². The van der Waals surface area contributed by atoms with Gasteiger partial charge in [-0.05, 0) is 45.7 Å². The van der Waals surface area contributed by atoms with Crippen molar-refractivity contribution in [2.45, 2.75) is 44.7 Å². The van der Waals surface area contributed by atoms with Crippen LogP contribution in [0.25, 0.3) is 0 Å². The summed E-state index contributed by atoms with van der Waals surface area (Å²) >= 11 is 0. The van der Waals surface area contributed by atoms with Crippen molar-refractivity contribution in [1.29, 1.82) is 0 Å². The van der Waals surface area contributed by atoms with Crippen molar-refractivity contribution in [3.05, 3.63) is 29.3 Å². The Morgan fingerprint density at radius 3 is 3.09 bits per heavy atom. The molecule has 23 heavy (non-hydrogen) atoms. The molecule has 5 heteroatoms. The third-order valence-corrected chi connectivity index (χ3v) is 5.60. The molecule has 3 atom stereocenters. The molecule has 1 spiro atoms. The van der Waals surface area contributed by atoms with Gasteiger partial charge in [-0.25, -0.2) is 0 Å². The Labute approximate surface area is 136 Å². The van der Waals surface area contributed by atoms with Crippen molar-refractivity contribution in [2.24, 2.45) is 5.92 Å². The monoisotopic (exact) mass is 314 g/mol. The molecular weight excluding hydrogens is 292 g/mol. The molecule has 1 amide bonds. The molecule has 0 bridgehead atoms. The van der Waals surface area contributed by atoms with Gasteiger partial charge in [-0.3, -0.25) is 14.5 Å². The molecule has 0 radical (unpaired) electrons. The molecule has 3 aliphatic heterocycles. The number of esters is 1. The highest BCUT2D eigenvalue weighted by atomic mass is 16.5. The van der Waals surface area contributed by atoms with E-state index in [9.17, 15) is 9.59 Å². The fourth-order valence-electron chi connectivity index (χ4n) is 4.69. The first kappa shape index (κ1) is 14.7. The fraction of sp³-hybridized carbons (Fsp3) is 0.556. The first-order chi connectivity index (χ1) is 11.1. The molecule has 0 aliphatic carbocycles. The van der Waals surface area contributed by atoms with E-state index in [1.807, 2.05) is 26.0 Å². The Bertz CT molecular complexity index is 687. The van der Waals surface area contributed by atoms with Crippen molar-refractivity contribution >= 4 is 17.6 Å². The first-order valence-corrected chi connectivity index (χ1v) is 8.44. The highest BCUT2D eigenvalue weighted by Crippen LogP contribution is 2.54. The van der Waals surface area contributed by atoms with Crippen molar-refractivity contribution in [3.8, 4) is 0 Å². The van der Waals surface area contributed by atoms with Gasteiger partial charge in [0.05, 0.1) is 12.5 Å². The van der Waals surface area contributed by atoms with Crippen LogP contribution in [0.4, 0.5) is 5.69 Å². The average Bonchev–Trinajstić information content (AvgIpc) is 3.16. The Hall–Kier alpha value is -1.88. The normalized spacial score (nSPS) is 32.0. The van der Waals surface area contributed by atoms with Gasteiger partial charge in [0.25, 0.3) is 0 Å². The van der Waals surface area contributed by atoms with Crippen LogP contribution in [0.15, 0.2) is 18.2 Å². The maximum absolute atomic E-state index is 12.9. The van der Waals surface area contributed by atoms with E-state index in [0.717, 1.165) is 36.2 Å². The number of rotatable bonds is 2. The second-order valence-electron chi connectivity index (χ2n) is 6.83. The molecule has 0 unspecified atom stereocenters. The summed E-state index contributed by atoms with van der Waals surface area (Å²) in [6.45, 7) is 5.12. The molecule has 1 aromatic rings. The molecule has 4 rings (SSSR count). The van der Waals surface area contributed by atoms with Crippen molar-refractivity contribution in [2.75, 3.05) is 18.5 Å². The molecule has 3 heterocycles. The molecule has 0 aromatic heterocycles. The number of aryl methyl sites for hydroxylation is 1. The minimum Gasteiger partial charge on any atom is -0.466 e. The third-order valence-electron chi connectivity index (χ3n) is 5.60. The van der Waals surface area contributed by atoms with Gasteiger partial charge in [0.15, 0.2) is 0 Å². The summed E-state index contributed by atoms with van der Waals surface area (Å²) in [4.78, 5) is 27.6. The van der Waals surface area contributed by atoms with Gasteiger partial charge in [0.1, 0.15) is 5.54 Å². The molecule has 1 aromatic carbocycles. The quantitative estimate of drug-likeness (QED) is 0.850. The largest absolute Gasteiger partial charge is 0.466 e. The summed E-state index contributed by atoms with van der Waals surface area (Å²) in [5.41, 5.74) is 2.35. The Kier molecular flexibility index (Phi) is 3.23. The molecule has 2 fully saturated rings. The number of hydrogen-bond donors (Lipinski definition) is 1. The van der Waals surface area contributed by atoms with E-state index in [0.29, 0.717) is 13.0 Å². The second kappa shape index (κ2) is 5.06. The highest BCUT2D eigenvalue weighted by molar-refractivity contribution is 6.06. The van der Waals surface area contributed by atoms with Crippen LogP contribution in [0, 0.1) is 12.8 Å². The van der Waals surface area contributed by atoms with Crippen LogP contribution < -0.4 is 5.32 Å². The summed E-state index contributed by atoms with van der Waals surface area (Å²) in [5, 5.41) is 3.03. The Morgan fingerprint density at radius 2 is 2.30 bits per heavy atom. The van der Waals surface area contributed by atoms with Crippen LogP contribution in [0.1, 0.15) is 37.3 Å². The zero-order chi connectivity index (χ0) is 16.2. The summed E-state index contributed by atoms with van der Waals surface area (Å²) in [6, 6.07) is 6.19. The topological polar surface area (TPSA) is 58.6 Å². The van der Waals surface area contributed by atoms with Gasteiger partial charge in [-0.1, -0.05) is 17.7 Å². The lowest BCUT2D eigenvalue weighted by Gasteiger charge is -2.32. The lowest BCUT2D eigenvalue weighted by Crippen LogP contribution is -2.47. The predicted molar refractivity (Wildman–Crippen MR) is 86.0 cm³/mol. The van der Waals surface area contributed by atoms with E-state index in [-0.39, 0.29) is 23.8 Å². The van der Waals surface area contributed by atoms with Crippen LogP contribution in [0.5, 0.6) is 0 Å². The highest BCUT2D eigenvalue weighted by Gasteiger charge is 2.63. The predicted octanol–water partition coefficient (Wildman–Crippen LogP) is 2.19. The maximum Gasteiger partial charge on any atom is 0.310 e. The molecular formula is C18H22N2O3. The molecule has 0 saturated carbocycles. The van der Waals surface area contributed by atoms with Gasteiger partial charge in [0.2, 0.25) is 5.91 Å². The Morgan fingerprint density at radius 1 is 1.48 bits per heavy atom. The second-order valence-corrected chi connectivity index (χ2v) is 6.83. The van der Waals surface area contributed by atoms with Gasteiger partial charge in [0, 0.05) is 17.3 Å². The maximum atomic E-state index is 12.9. The third kappa shape index (κ3) is 1.89. The van der Waals surface area contributed by atoms with Crippen molar-refractivity contribution in [3.63, 3.8) is 0 Å². The van der Waals surface area contributed by atoms with E-state index >= 15 is 0 Å². The van der Waals surface area contributed by atoms with Crippen LogP contribution in [0.2, 0.25) is 0 Å². The fourth-order valence-corrected chi connectivity index (χ4v) is 4.69. The van der Waals surface area contributed by atoms with Gasteiger partial charge in [-0.15, -0.1) is 0 Å². The minimum absolute atomic E-state index is 0.0109. The van der Waals surface area contributed by atoms with Crippen molar-refractivity contribution in [1.82, 2.24) is 4.90 Å². The van der Waals surface area contributed by atoms with Crippen LogP contribution in [-0.2, 0) is 19.9 Å². The summed E-state index contributed by atoms with van der Waals surface area (Å²) in [7, 11) is 0. The number of hydrogen-bond acceptors (Lipinski definition) is 4. The number of nitrogens with zero attached hydrogens (tertiary/aromatic N) is 1. The smallest absolute Gasteiger partial charge is 0.310 e. The lowest BCUT2D eigenvalue weighted by atomic mass is 9.84. The molecule has 5 nitrogen and oxygen atoms in total. The minimum atomic E-state index is -0.694. The Balaban J connectivity index is 1.81. The molecule has 1 N–H and O–H groups in total. The molecule has 122 valence electrons.